The number of ether oxygens (including phenoxy) is 1. The van der Waals surface area contributed by atoms with Crippen LogP contribution in [0.25, 0.3) is 0 Å². The second-order valence-corrected chi connectivity index (χ2v) is 4.33. The van der Waals surface area contributed by atoms with Gasteiger partial charge in [0.2, 0.25) is 0 Å². The molecule has 0 aromatic heterocycles. The molecule has 1 aliphatic carbocycles. The van der Waals surface area contributed by atoms with Gasteiger partial charge in [0, 0.05) is 12.5 Å². The summed E-state index contributed by atoms with van der Waals surface area (Å²) in [6.07, 6.45) is 3.55. The Kier molecular flexibility index (Phi) is 2.28. The van der Waals surface area contributed by atoms with Crippen molar-refractivity contribution in [3.63, 3.8) is 0 Å². The topological polar surface area (TPSA) is 38.3 Å². The molecule has 1 aliphatic heterocycles. The van der Waals surface area contributed by atoms with Crippen LogP contribution in [0, 0.1) is 5.92 Å². The Morgan fingerprint density at radius 2 is 2.23 bits per heavy atom. The van der Waals surface area contributed by atoms with Gasteiger partial charge in [0.15, 0.2) is 0 Å². The van der Waals surface area contributed by atoms with Crippen molar-refractivity contribution >= 4 is 5.97 Å². The van der Waals surface area contributed by atoms with Crippen molar-refractivity contribution in [2.24, 2.45) is 5.92 Å². The van der Waals surface area contributed by atoms with E-state index in [0.29, 0.717) is 6.04 Å². The normalized spacial score (nSPS) is 36.0. The summed E-state index contributed by atoms with van der Waals surface area (Å²) >= 11 is 0. The smallest absolute Gasteiger partial charge is 0.323 e. The third kappa shape index (κ3) is 2.02. The predicted molar refractivity (Wildman–Crippen MR) is 49.3 cm³/mol. The summed E-state index contributed by atoms with van der Waals surface area (Å²) in [6, 6.07) is 0.424. The fourth-order valence-corrected chi connectivity index (χ4v) is 1.94. The van der Waals surface area contributed by atoms with Gasteiger partial charge in [-0.15, -0.1) is 0 Å². The number of carbonyl (C=O) groups is 1. The Labute approximate surface area is 78.8 Å². The lowest BCUT2D eigenvalue weighted by Crippen LogP contribution is -2.40. The molecule has 74 valence electrons. The van der Waals surface area contributed by atoms with Crippen LogP contribution in [0.1, 0.15) is 33.1 Å². The quantitative estimate of drug-likeness (QED) is 0.665. The monoisotopic (exact) mass is 183 g/mol. The molecule has 1 heterocycles. The lowest BCUT2D eigenvalue weighted by Gasteiger charge is -2.15. The number of esters is 1. The van der Waals surface area contributed by atoms with Crippen LogP contribution in [0.5, 0.6) is 0 Å². The fourth-order valence-electron chi connectivity index (χ4n) is 1.94. The maximum Gasteiger partial charge on any atom is 0.323 e. The van der Waals surface area contributed by atoms with E-state index in [2.05, 4.69) is 12.2 Å². The van der Waals surface area contributed by atoms with E-state index in [9.17, 15) is 4.79 Å². The van der Waals surface area contributed by atoms with Crippen molar-refractivity contribution in [1.82, 2.24) is 5.32 Å². The lowest BCUT2D eigenvalue weighted by atomic mass is 10.1. The van der Waals surface area contributed by atoms with Crippen LogP contribution in [-0.4, -0.2) is 24.2 Å². The van der Waals surface area contributed by atoms with Crippen LogP contribution in [0.15, 0.2) is 0 Å². The number of hydrogen-bond donors (Lipinski definition) is 1. The summed E-state index contributed by atoms with van der Waals surface area (Å²) in [6.45, 7) is 4.11. The predicted octanol–water partition coefficient (Wildman–Crippen LogP) is 1.08. The number of nitrogens with one attached hydrogen (secondary N) is 1. The molecule has 13 heavy (non-hydrogen) atoms. The molecule has 2 fully saturated rings. The standard InChI is InChI=1S/C10H17NO2/c1-6-5-9(10(12)13-6)11-7(2)8-3-4-8/h6-9,11H,3-5H2,1-2H3. The highest BCUT2D eigenvalue weighted by Gasteiger charge is 2.36. The van der Waals surface area contributed by atoms with Crippen LogP contribution in [0.2, 0.25) is 0 Å². The minimum absolute atomic E-state index is 0.0504. The number of hydrogen-bond acceptors (Lipinski definition) is 3. The van der Waals surface area contributed by atoms with E-state index in [4.69, 9.17) is 4.74 Å². The first-order chi connectivity index (χ1) is 6.16. The molecule has 0 radical (unpaired) electrons. The summed E-state index contributed by atoms with van der Waals surface area (Å²) < 4.78 is 5.07. The van der Waals surface area contributed by atoms with Crippen LogP contribution < -0.4 is 5.32 Å². The highest BCUT2D eigenvalue weighted by Crippen LogP contribution is 2.33. The summed E-state index contributed by atoms with van der Waals surface area (Å²) in [5, 5.41) is 3.35. The first-order valence-electron chi connectivity index (χ1n) is 5.13. The van der Waals surface area contributed by atoms with Crippen LogP contribution in [-0.2, 0) is 9.53 Å². The molecule has 3 unspecified atom stereocenters. The number of carbonyl (C=O) groups excluding carboxylic acids is 1. The zero-order valence-corrected chi connectivity index (χ0v) is 8.25. The molecule has 1 saturated heterocycles. The second kappa shape index (κ2) is 3.29. The van der Waals surface area contributed by atoms with Gasteiger partial charge in [-0.3, -0.25) is 4.79 Å². The first kappa shape index (κ1) is 9.00. The van der Waals surface area contributed by atoms with E-state index >= 15 is 0 Å². The van der Waals surface area contributed by atoms with Crippen LogP contribution in [0.4, 0.5) is 0 Å². The zero-order valence-electron chi connectivity index (χ0n) is 8.25. The molecule has 3 heteroatoms. The van der Waals surface area contributed by atoms with Crippen molar-refractivity contribution in [2.45, 2.75) is 51.3 Å². The SMILES string of the molecule is CC1CC(NC(C)C2CC2)C(=O)O1. The molecular formula is C10H17NO2. The Balaban J connectivity index is 1.83. The fraction of sp³-hybridized carbons (Fsp3) is 0.900. The largest absolute Gasteiger partial charge is 0.461 e. The minimum atomic E-state index is -0.0694. The summed E-state index contributed by atoms with van der Waals surface area (Å²) in [5.41, 5.74) is 0. The first-order valence-corrected chi connectivity index (χ1v) is 5.13. The Morgan fingerprint density at radius 3 is 2.69 bits per heavy atom. The van der Waals surface area contributed by atoms with Crippen molar-refractivity contribution in [2.75, 3.05) is 0 Å². The van der Waals surface area contributed by atoms with E-state index in [1.165, 1.54) is 12.8 Å². The van der Waals surface area contributed by atoms with E-state index in [1.807, 2.05) is 6.92 Å². The molecule has 3 atom stereocenters. The van der Waals surface area contributed by atoms with Gasteiger partial charge in [-0.25, -0.2) is 0 Å². The van der Waals surface area contributed by atoms with Crippen molar-refractivity contribution in [3.05, 3.63) is 0 Å². The van der Waals surface area contributed by atoms with Gasteiger partial charge in [0.1, 0.15) is 12.1 Å². The van der Waals surface area contributed by atoms with Crippen LogP contribution in [0.3, 0.4) is 0 Å². The molecule has 2 aliphatic rings. The van der Waals surface area contributed by atoms with Crippen molar-refractivity contribution < 1.29 is 9.53 Å². The van der Waals surface area contributed by atoms with E-state index < -0.39 is 0 Å². The maximum absolute atomic E-state index is 11.3. The molecule has 0 aromatic carbocycles. The highest BCUT2D eigenvalue weighted by atomic mass is 16.6. The Bertz CT molecular complexity index is 213. The average Bonchev–Trinajstić information content (AvgIpc) is 2.81. The van der Waals surface area contributed by atoms with Gasteiger partial charge >= 0.3 is 5.97 Å². The molecule has 3 nitrogen and oxygen atoms in total. The molecule has 1 N–H and O–H groups in total. The molecular weight excluding hydrogens is 166 g/mol. The van der Waals surface area contributed by atoms with Gasteiger partial charge < -0.3 is 10.1 Å². The highest BCUT2D eigenvalue weighted by molar-refractivity contribution is 5.77. The zero-order chi connectivity index (χ0) is 9.42. The van der Waals surface area contributed by atoms with E-state index in [-0.39, 0.29) is 18.1 Å². The second-order valence-electron chi connectivity index (χ2n) is 4.33. The molecule has 0 aromatic rings. The minimum Gasteiger partial charge on any atom is -0.461 e. The summed E-state index contributed by atoms with van der Waals surface area (Å²) in [4.78, 5) is 11.3. The third-order valence-electron chi connectivity index (χ3n) is 2.96. The Hall–Kier alpha value is -0.570. The average molecular weight is 183 g/mol. The third-order valence-corrected chi connectivity index (χ3v) is 2.96. The summed E-state index contributed by atoms with van der Waals surface area (Å²) in [5.74, 6) is 0.726. The lowest BCUT2D eigenvalue weighted by molar-refractivity contribution is -0.142. The Morgan fingerprint density at radius 1 is 1.54 bits per heavy atom. The van der Waals surface area contributed by atoms with E-state index in [0.717, 1.165) is 12.3 Å². The molecule has 1 saturated carbocycles. The van der Waals surface area contributed by atoms with E-state index in [1.54, 1.807) is 0 Å². The maximum atomic E-state index is 11.3. The molecule has 0 bridgehead atoms. The van der Waals surface area contributed by atoms with Crippen molar-refractivity contribution in [3.8, 4) is 0 Å². The molecule has 0 amide bonds. The summed E-state index contributed by atoms with van der Waals surface area (Å²) in [7, 11) is 0. The van der Waals surface area contributed by atoms with Gasteiger partial charge in [0.25, 0.3) is 0 Å². The number of rotatable bonds is 3. The number of cyclic esters (lactones) is 1. The van der Waals surface area contributed by atoms with Gasteiger partial charge in [-0.05, 0) is 32.6 Å². The van der Waals surface area contributed by atoms with Gasteiger partial charge in [-0.2, -0.15) is 0 Å². The van der Waals surface area contributed by atoms with Crippen molar-refractivity contribution in [1.29, 1.82) is 0 Å². The van der Waals surface area contributed by atoms with Gasteiger partial charge in [-0.1, -0.05) is 0 Å². The molecule has 2 rings (SSSR count). The van der Waals surface area contributed by atoms with Crippen LogP contribution >= 0.6 is 0 Å². The molecule has 0 spiro atoms. The van der Waals surface area contributed by atoms with Gasteiger partial charge in [0.05, 0.1) is 0 Å².